The van der Waals surface area contributed by atoms with Gasteiger partial charge in [-0.3, -0.25) is 15.5 Å². The number of fused-ring (bicyclic) bond motifs is 1. The fraction of sp³-hybridized carbons (Fsp3) is 0.0833. The predicted octanol–water partition coefficient (Wildman–Crippen LogP) is 0.723. The number of nitrogens with two attached hydrogens (primary N) is 1. The number of thiocarbonyl (C=S) groups is 1. The molecular weight excluding hydrogens is 312 g/mol. The molecule has 4 N–H and O–H groups in total. The molecular formula is C12H10N4O3S2. The number of hydrogen-bond donors (Lipinski definition) is 3. The molecule has 7 nitrogen and oxygen atoms in total. The Morgan fingerprint density at radius 2 is 2.29 bits per heavy atom. The lowest BCUT2D eigenvalue weighted by Gasteiger charge is -1.98. The summed E-state index contributed by atoms with van der Waals surface area (Å²) in [5.74, 6) is 1.13. The van der Waals surface area contributed by atoms with Gasteiger partial charge in [0.1, 0.15) is 0 Å². The van der Waals surface area contributed by atoms with Gasteiger partial charge in [0.25, 0.3) is 5.91 Å². The maximum atomic E-state index is 11.8. The maximum absolute atomic E-state index is 11.8. The van der Waals surface area contributed by atoms with Gasteiger partial charge in [0.15, 0.2) is 21.8 Å². The summed E-state index contributed by atoms with van der Waals surface area (Å²) in [7, 11) is 0. The van der Waals surface area contributed by atoms with Crippen molar-refractivity contribution in [3.8, 4) is 11.5 Å². The number of carbonyl (C=O) groups excluding carboxylic acids is 1. The van der Waals surface area contributed by atoms with Gasteiger partial charge in [-0.2, -0.15) is 0 Å². The number of amides is 1. The summed E-state index contributed by atoms with van der Waals surface area (Å²) in [6, 6.07) is 5.46. The molecule has 1 fully saturated rings. The first-order chi connectivity index (χ1) is 10.1. The van der Waals surface area contributed by atoms with E-state index in [0.717, 1.165) is 5.56 Å². The standard InChI is InChI=1S/C12H10N4O3S2/c13-11(20)15-16-12-14-10(17)9(21-12)4-6-1-2-7-8(3-6)19-5-18-7/h1-4H,5H2,(H3,13,15,20)(H,14,16,17)/b9-4-. The molecule has 2 aliphatic heterocycles. The van der Waals surface area contributed by atoms with E-state index in [9.17, 15) is 4.79 Å². The van der Waals surface area contributed by atoms with Gasteiger partial charge in [0.2, 0.25) is 6.79 Å². The van der Waals surface area contributed by atoms with Gasteiger partial charge in [0, 0.05) is 0 Å². The van der Waals surface area contributed by atoms with Crippen molar-refractivity contribution >= 4 is 46.2 Å². The van der Waals surface area contributed by atoms with Gasteiger partial charge in [-0.25, -0.2) is 0 Å². The number of amidine groups is 1. The second kappa shape index (κ2) is 5.62. The van der Waals surface area contributed by atoms with Crippen LogP contribution in [0.5, 0.6) is 11.5 Å². The molecule has 2 aliphatic rings. The van der Waals surface area contributed by atoms with E-state index in [2.05, 4.69) is 28.1 Å². The van der Waals surface area contributed by atoms with Crippen LogP contribution in [-0.2, 0) is 4.79 Å². The molecule has 0 radical (unpaired) electrons. The van der Waals surface area contributed by atoms with E-state index in [1.54, 1.807) is 12.1 Å². The second-order valence-electron chi connectivity index (χ2n) is 4.07. The molecule has 9 heteroatoms. The lowest BCUT2D eigenvalue weighted by Crippen LogP contribution is -2.28. The van der Waals surface area contributed by atoms with E-state index in [-0.39, 0.29) is 17.8 Å². The first-order valence-electron chi connectivity index (χ1n) is 5.85. The van der Waals surface area contributed by atoms with Gasteiger partial charge in [-0.15, -0.1) is 5.10 Å². The maximum Gasteiger partial charge on any atom is 0.264 e. The van der Waals surface area contributed by atoms with E-state index < -0.39 is 0 Å². The molecule has 1 amide bonds. The monoisotopic (exact) mass is 322 g/mol. The van der Waals surface area contributed by atoms with Crippen molar-refractivity contribution in [2.24, 2.45) is 10.8 Å². The Morgan fingerprint density at radius 1 is 1.48 bits per heavy atom. The first-order valence-corrected chi connectivity index (χ1v) is 7.08. The summed E-state index contributed by atoms with van der Waals surface area (Å²) in [4.78, 5) is 12.4. The summed E-state index contributed by atoms with van der Waals surface area (Å²) in [6.07, 6.45) is 1.74. The van der Waals surface area contributed by atoms with Crippen molar-refractivity contribution in [2.75, 3.05) is 6.79 Å². The largest absolute Gasteiger partial charge is 0.454 e. The fourth-order valence-corrected chi connectivity index (χ4v) is 2.57. The van der Waals surface area contributed by atoms with Gasteiger partial charge < -0.3 is 15.2 Å². The van der Waals surface area contributed by atoms with Crippen LogP contribution in [0.15, 0.2) is 28.2 Å². The summed E-state index contributed by atoms with van der Waals surface area (Å²) in [6.45, 7) is 0.214. The molecule has 0 aliphatic carbocycles. The van der Waals surface area contributed by atoms with E-state index in [1.165, 1.54) is 11.8 Å². The van der Waals surface area contributed by atoms with Crippen LogP contribution in [0.3, 0.4) is 0 Å². The lowest BCUT2D eigenvalue weighted by atomic mass is 10.2. The number of nitrogens with one attached hydrogen (secondary N) is 2. The van der Waals surface area contributed by atoms with Crippen molar-refractivity contribution in [2.45, 2.75) is 0 Å². The second-order valence-corrected chi connectivity index (χ2v) is 5.54. The number of hydrogen-bond acceptors (Lipinski definition) is 6. The smallest absolute Gasteiger partial charge is 0.264 e. The Hall–Kier alpha value is -2.26. The molecule has 1 aromatic carbocycles. The van der Waals surface area contributed by atoms with Crippen LogP contribution in [-0.4, -0.2) is 23.0 Å². The summed E-state index contributed by atoms with van der Waals surface area (Å²) in [5.41, 5.74) is 8.52. The minimum absolute atomic E-state index is 0.0329. The molecule has 0 saturated carbocycles. The normalized spacial score (nSPS) is 19.9. The number of carbonyl (C=O) groups is 1. The molecule has 108 valence electrons. The molecule has 1 saturated heterocycles. The van der Waals surface area contributed by atoms with E-state index in [1.807, 2.05) is 12.1 Å². The molecule has 3 rings (SSSR count). The van der Waals surface area contributed by atoms with Crippen LogP contribution >= 0.6 is 24.0 Å². The van der Waals surface area contributed by atoms with Crippen molar-refractivity contribution in [1.82, 2.24) is 10.7 Å². The summed E-state index contributed by atoms with van der Waals surface area (Å²) >= 11 is 5.83. The Bertz CT molecular complexity index is 687. The summed E-state index contributed by atoms with van der Waals surface area (Å²) < 4.78 is 10.5. The zero-order chi connectivity index (χ0) is 14.8. The molecule has 0 unspecified atom stereocenters. The molecule has 1 aromatic rings. The summed E-state index contributed by atoms with van der Waals surface area (Å²) in [5, 5.41) is 6.89. The number of hydrazone groups is 1. The number of ether oxygens (including phenoxy) is 2. The van der Waals surface area contributed by atoms with E-state index in [0.29, 0.717) is 21.6 Å². The lowest BCUT2D eigenvalue weighted by molar-refractivity contribution is -0.115. The number of thioether (sulfide) groups is 1. The van der Waals surface area contributed by atoms with Crippen LogP contribution < -0.4 is 25.9 Å². The third-order valence-electron chi connectivity index (χ3n) is 2.61. The highest BCUT2D eigenvalue weighted by molar-refractivity contribution is 8.18. The SMILES string of the molecule is NC(=S)NN=C1NC(=O)/C(=C/c2ccc3c(c2)OCO3)S1. The average Bonchev–Trinajstić information content (AvgIpc) is 3.03. The van der Waals surface area contributed by atoms with Gasteiger partial charge in [-0.05, 0) is 47.8 Å². The highest BCUT2D eigenvalue weighted by Crippen LogP contribution is 2.34. The topological polar surface area (TPSA) is 98.0 Å². The number of nitrogens with zero attached hydrogens (tertiary/aromatic N) is 1. The van der Waals surface area contributed by atoms with Crippen molar-refractivity contribution in [3.05, 3.63) is 28.7 Å². The number of rotatable bonds is 2. The fourth-order valence-electron chi connectivity index (χ4n) is 1.74. The van der Waals surface area contributed by atoms with Gasteiger partial charge in [0.05, 0.1) is 4.91 Å². The highest BCUT2D eigenvalue weighted by Gasteiger charge is 2.24. The predicted molar refractivity (Wildman–Crippen MR) is 83.6 cm³/mol. The molecule has 0 spiro atoms. The van der Waals surface area contributed by atoms with Gasteiger partial charge in [-0.1, -0.05) is 6.07 Å². The first kappa shape index (κ1) is 13.7. The van der Waals surface area contributed by atoms with E-state index >= 15 is 0 Å². The average molecular weight is 322 g/mol. The van der Waals surface area contributed by atoms with Crippen LogP contribution in [0, 0.1) is 0 Å². The van der Waals surface area contributed by atoms with E-state index in [4.69, 9.17) is 15.2 Å². The van der Waals surface area contributed by atoms with Crippen LogP contribution in [0.4, 0.5) is 0 Å². The van der Waals surface area contributed by atoms with Crippen LogP contribution in [0.25, 0.3) is 6.08 Å². The zero-order valence-corrected chi connectivity index (χ0v) is 12.2. The Balaban J connectivity index is 1.79. The van der Waals surface area contributed by atoms with Gasteiger partial charge >= 0.3 is 0 Å². The third-order valence-corrected chi connectivity index (χ3v) is 3.61. The van der Waals surface area contributed by atoms with Crippen LogP contribution in [0.2, 0.25) is 0 Å². The number of benzene rings is 1. The molecule has 2 heterocycles. The molecule has 0 bridgehead atoms. The quantitative estimate of drug-likeness (QED) is 0.419. The zero-order valence-electron chi connectivity index (χ0n) is 10.6. The van der Waals surface area contributed by atoms with Crippen molar-refractivity contribution in [3.63, 3.8) is 0 Å². The third kappa shape index (κ3) is 3.09. The Morgan fingerprint density at radius 3 is 3.10 bits per heavy atom. The Labute approximate surface area is 129 Å². The highest BCUT2D eigenvalue weighted by atomic mass is 32.2. The molecule has 0 atom stereocenters. The molecule has 21 heavy (non-hydrogen) atoms. The molecule has 0 aromatic heterocycles. The van der Waals surface area contributed by atoms with Crippen molar-refractivity contribution < 1.29 is 14.3 Å². The van der Waals surface area contributed by atoms with Crippen LogP contribution in [0.1, 0.15) is 5.56 Å². The minimum atomic E-state index is -0.235. The minimum Gasteiger partial charge on any atom is -0.454 e. The van der Waals surface area contributed by atoms with Crippen molar-refractivity contribution in [1.29, 1.82) is 0 Å². The Kier molecular flexibility index (Phi) is 3.67.